The van der Waals surface area contributed by atoms with Gasteiger partial charge in [0.05, 0.1) is 5.69 Å². The van der Waals surface area contributed by atoms with Crippen LogP contribution in [-0.2, 0) is 9.59 Å². The van der Waals surface area contributed by atoms with E-state index in [4.69, 9.17) is 4.74 Å². The minimum absolute atomic E-state index is 0.0509. The summed E-state index contributed by atoms with van der Waals surface area (Å²) in [5.41, 5.74) is 2.52. The van der Waals surface area contributed by atoms with E-state index in [9.17, 15) is 9.59 Å². The fraction of sp³-hybridized carbons (Fsp3) is 0.364. The number of halogens is 1. The summed E-state index contributed by atoms with van der Waals surface area (Å²) >= 11 is 3.39. The van der Waals surface area contributed by atoms with Crippen LogP contribution in [-0.4, -0.2) is 38.1 Å². The molecular formula is C22H24BrN3O3. The van der Waals surface area contributed by atoms with Crippen molar-refractivity contribution < 1.29 is 14.3 Å². The van der Waals surface area contributed by atoms with Gasteiger partial charge in [0.25, 0.3) is 5.91 Å². The first-order valence-corrected chi connectivity index (χ1v) is 10.8. The number of anilines is 3. The molecule has 0 aromatic heterocycles. The van der Waals surface area contributed by atoms with Gasteiger partial charge >= 0.3 is 0 Å². The fourth-order valence-electron chi connectivity index (χ4n) is 3.78. The van der Waals surface area contributed by atoms with E-state index in [0.29, 0.717) is 11.4 Å². The molecule has 0 spiro atoms. The van der Waals surface area contributed by atoms with Gasteiger partial charge in [-0.3, -0.25) is 14.5 Å². The summed E-state index contributed by atoms with van der Waals surface area (Å²) in [5, 5.41) is 2.89. The summed E-state index contributed by atoms with van der Waals surface area (Å²) in [4.78, 5) is 28.7. The summed E-state index contributed by atoms with van der Waals surface area (Å²) in [7, 11) is 0. The smallest absolute Gasteiger partial charge is 0.265 e. The molecule has 0 radical (unpaired) electrons. The number of ether oxygens (including phenoxy) is 1. The van der Waals surface area contributed by atoms with Crippen LogP contribution < -0.4 is 19.9 Å². The number of hydrogen-bond acceptors (Lipinski definition) is 4. The van der Waals surface area contributed by atoms with Crippen LogP contribution in [0, 0.1) is 0 Å². The maximum absolute atomic E-state index is 12.6. The Hall–Kier alpha value is -2.54. The zero-order valence-electron chi connectivity index (χ0n) is 16.2. The highest BCUT2D eigenvalue weighted by Gasteiger charge is 2.27. The maximum atomic E-state index is 12.6. The van der Waals surface area contributed by atoms with Crippen molar-refractivity contribution in [2.75, 3.05) is 41.4 Å². The van der Waals surface area contributed by atoms with E-state index in [-0.39, 0.29) is 25.0 Å². The Balaban J connectivity index is 1.40. The lowest BCUT2D eigenvalue weighted by Gasteiger charge is -2.29. The Morgan fingerprint density at radius 1 is 1.03 bits per heavy atom. The molecule has 1 N–H and O–H groups in total. The summed E-state index contributed by atoms with van der Waals surface area (Å²) in [6.45, 7) is 2.05. The molecule has 29 heavy (non-hydrogen) atoms. The molecule has 2 heterocycles. The Morgan fingerprint density at radius 2 is 1.76 bits per heavy atom. The highest BCUT2D eigenvalue weighted by atomic mass is 79.9. The van der Waals surface area contributed by atoms with Crippen molar-refractivity contribution in [3.8, 4) is 5.75 Å². The Morgan fingerprint density at radius 3 is 2.48 bits per heavy atom. The van der Waals surface area contributed by atoms with Crippen LogP contribution in [0.5, 0.6) is 5.75 Å². The van der Waals surface area contributed by atoms with Crippen molar-refractivity contribution in [1.82, 2.24) is 0 Å². The number of carbonyl (C=O) groups is 2. The number of nitrogens with one attached hydrogen (secondary N) is 1. The Bertz CT molecular complexity index is 893. The summed E-state index contributed by atoms with van der Waals surface area (Å²) < 4.78 is 6.33. The van der Waals surface area contributed by atoms with Crippen molar-refractivity contribution in [3.63, 3.8) is 0 Å². The van der Waals surface area contributed by atoms with Crippen LogP contribution in [0.2, 0.25) is 0 Å². The van der Waals surface area contributed by atoms with Crippen LogP contribution in [0.3, 0.4) is 0 Å². The predicted molar refractivity (Wildman–Crippen MR) is 118 cm³/mol. The molecule has 0 unspecified atom stereocenters. The third-order valence-corrected chi connectivity index (χ3v) is 5.78. The number of fused-ring (bicyclic) bond motifs is 1. The van der Waals surface area contributed by atoms with Crippen molar-refractivity contribution in [2.45, 2.75) is 25.7 Å². The van der Waals surface area contributed by atoms with Crippen LogP contribution in [0.25, 0.3) is 0 Å². The van der Waals surface area contributed by atoms with Gasteiger partial charge < -0.3 is 15.0 Å². The molecule has 2 amide bonds. The van der Waals surface area contributed by atoms with E-state index >= 15 is 0 Å². The van der Waals surface area contributed by atoms with E-state index in [1.807, 2.05) is 30.3 Å². The summed E-state index contributed by atoms with van der Waals surface area (Å²) in [6.07, 6.45) is 5.05. The van der Waals surface area contributed by atoms with E-state index in [0.717, 1.165) is 23.2 Å². The van der Waals surface area contributed by atoms with Gasteiger partial charge in [0.1, 0.15) is 12.3 Å². The molecule has 1 saturated heterocycles. The number of benzene rings is 2. The van der Waals surface area contributed by atoms with Gasteiger partial charge in [-0.15, -0.1) is 0 Å². The number of amides is 2. The van der Waals surface area contributed by atoms with Crippen LogP contribution in [0.1, 0.15) is 25.7 Å². The van der Waals surface area contributed by atoms with E-state index in [1.165, 1.54) is 36.3 Å². The van der Waals surface area contributed by atoms with Gasteiger partial charge in [0, 0.05) is 28.9 Å². The van der Waals surface area contributed by atoms with E-state index < -0.39 is 0 Å². The van der Waals surface area contributed by atoms with Gasteiger partial charge in [0.2, 0.25) is 5.91 Å². The molecule has 2 aliphatic heterocycles. The van der Waals surface area contributed by atoms with Crippen molar-refractivity contribution >= 4 is 44.8 Å². The normalized spacial score (nSPS) is 16.7. The molecule has 4 rings (SSSR count). The number of nitrogens with zero attached hydrogens (tertiary/aromatic N) is 2. The topological polar surface area (TPSA) is 61.9 Å². The second-order valence-electron chi connectivity index (χ2n) is 7.38. The first-order valence-electron chi connectivity index (χ1n) is 9.98. The van der Waals surface area contributed by atoms with Gasteiger partial charge in [-0.05, 0) is 55.3 Å². The SMILES string of the molecule is O=C(CN1C(=O)COc2cc(Br)ccc21)Nc1ccc(N2CCCCCC2)cc1. The molecule has 2 aromatic rings. The minimum Gasteiger partial charge on any atom is -0.482 e. The van der Waals surface area contributed by atoms with Crippen molar-refractivity contribution in [1.29, 1.82) is 0 Å². The molecule has 2 aliphatic rings. The lowest BCUT2D eigenvalue weighted by atomic mass is 10.2. The highest BCUT2D eigenvalue weighted by Crippen LogP contribution is 2.34. The van der Waals surface area contributed by atoms with Gasteiger partial charge in [0.15, 0.2) is 6.61 Å². The third-order valence-electron chi connectivity index (χ3n) is 5.29. The Kier molecular flexibility index (Phi) is 6.04. The highest BCUT2D eigenvalue weighted by molar-refractivity contribution is 9.10. The lowest BCUT2D eigenvalue weighted by molar-refractivity contribution is -0.123. The molecule has 0 atom stereocenters. The predicted octanol–water partition coefficient (Wildman–Crippen LogP) is 4.19. The quantitative estimate of drug-likeness (QED) is 0.747. The second-order valence-corrected chi connectivity index (χ2v) is 8.29. The minimum atomic E-state index is -0.239. The molecule has 2 aromatic carbocycles. The number of carbonyl (C=O) groups excluding carboxylic acids is 2. The van der Waals surface area contributed by atoms with Gasteiger partial charge in [-0.1, -0.05) is 28.8 Å². The Labute approximate surface area is 178 Å². The monoisotopic (exact) mass is 457 g/mol. The van der Waals surface area contributed by atoms with Gasteiger partial charge in [-0.2, -0.15) is 0 Å². The zero-order chi connectivity index (χ0) is 20.2. The number of hydrogen-bond donors (Lipinski definition) is 1. The maximum Gasteiger partial charge on any atom is 0.265 e. The largest absolute Gasteiger partial charge is 0.482 e. The fourth-order valence-corrected chi connectivity index (χ4v) is 4.12. The first-order chi connectivity index (χ1) is 14.1. The first kappa shape index (κ1) is 19.8. The molecular weight excluding hydrogens is 434 g/mol. The zero-order valence-corrected chi connectivity index (χ0v) is 17.8. The molecule has 1 fully saturated rings. The van der Waals surface area contributed by atoms with Crippen LogP contribution in [0.15, 0.2) is 46.9 Å². The molecule has 6 nitrogen and oxygen atoms in total. The molecule has 152 valence electrons. The average Bonchev–Trinajstić information content (AvgIpc) is 3.00. The molecule has 7 heteroatoms. The summed E-state index contributed by atoms with van der Waals surface area (Å²) in [5.74, 6) is 0.122. The van der Waals surface area contributed by atoms with Gasteiger partial charge in [-0.25, -0.2) is 0 Å². The number of rotatable bonds is 4. The standard InChI is InChI=1S/C22H24BrN3O3/c23-16-5-10-19-20(13-16)29-15-22(28)26(19)14-21(27)24-17-6-8-18(9-7-17)25-11-3-1-2-4-12-25/h5-10,13H,1-4,11-12,14-15H2,(H,24,27). The molecule has 0 bridgehead atoms. The van der Waals surface area contributed by atoms with Crippen molar-refractivity contribution in [3.05, 3.63) is 46.9 Å². The molecule has 0 saturated carbocycles. The van der Waals surface area contributed by atoms with E-state index in [1.54, 1.807) is 12.1 Å². The van der Waals surface area contributed by atoms with Crippen LogP contribution >= 0.6 is 15.9 Å². The van der Waals surface area contributed by atoms with E-state index in [2.05, 4.69) is 26.1 Å². The van der Waals surface area contributed by atoms with Crippen molar-refractivity contribution in [2.24, 2.45) is 0 Å². The average molecular weight is 458 g/mol. The van der Waals surface area contributed by atoms with Crippen LogP contribution in [0.4, 0.5) is 17.1 Å². The second kappa shape index (κ2) is 8.86. The third kappa shape index (κ3) is 4.72. The summed E-state index contributed by atoms with van der Waals surface area (Å²) in [6, 6.07) is 13.3. The molecule has 0 aliphatic carbocycles. The lowest BCUT2D eigenvalue weighted by Crippen LogP contribution is -2.43.